The van der Waals surface area contributed by atoms with Crippen LogP contribution in [-0.2, 0) is 21.2 Å². The third-order valence-corrected chi connectivity index (χ3v) is 6.40. The van der Waals surface area contributed by atoms with Gasteiger partial charge in [0, 0.05) is 25.6 Å². The van der Waals surface area contributed by atoms with Crippen molar-refractivity contribution in [1.29, 1.82) is 0 Å². The van der Waals surface area contributed by atoms with Crippen molar-refractivity contribution in [2.24, 2.45) is 0 Å². The fourth-order valence-corrected chi connectivity index (χ4v) is 4.70. The van der Waals surface area contributed by atoms with E-state index in [0.717, 1.165) is 31.4 Å². The van der Waals surface area contributed by atoms with E-state index in [9.17, 15) is 13.2 Å². The number of likely N-dealkylation sites (tertiary alicyclic amines) is 1. The standard InChI is InChI=1S/C21H26N2O3S/c1-17-7-5-11-20(15-17)27(25,26)22-13-12-21(24)23-14-6-10-19(23)16-18-8-3-2-4-9-18/h2-5,7-9,11,15,19,22H,6,10,12-14,16H2,1H3. The monoisotopic (exact) mass is 386 g/mol. The average molecular weight is 387 g/mol. The molecule has 2 aromatic carbocycles. The minimum atomic E-state index is -3.58. The molecule has 27 heavy (non-hydrogen) atoms. The highest BCUT2D eigenvalue weighted by Crippen LogP contribution is 2.22. The lowest BCUT2D eigenvalue weighted by Gasteiger charge is -2.25. The second-order valence-electron chi connectivity index (χ2n) is 7.04. The summed E-state index contributed by atoms with van der Waals surface area (Å²) in [5, 5.41) is 0. The second kappa shape index (κ2) is 8.67. The lowest BCUT2D eigenvalue weighted by molar-refractivity contribution is -0.131. The maximum absolute atomic E-state index is 12.6. The van der Waals surface area contributed by atoms with Crippen LogP contribution in [0.3, 0.4) is 0 Å². The summed E-state index contributed by atoms with van der Waals surface area (Å²) < 4.78 is 27.3. The van der Waals surface area contributed by atoms with Gasteiger partial charge in [-0.2, -0.15) is 0 Å². The topological polar surface area (TPSA) is 66.5 Å². The molecular weight excluding hydrogens is 360 g/mol. The van der Waals surface area contributed by atoms with Crippen molar-refractivity contribution in [3.8, 4) is 0 Å². The van der Waals surface area contributed by atoms with Crippen molar-refractivity contribution in [3.05, 3.63) is 65.7 Å². The largest absolute Gasteiger partial charge is 0.339 e. The summed E-state index contributed by atoms with van der Waals surface area (Å²) >= 11 is 0. The first-order chi connectivity index (χ1) is 13.0. The number of carbonyl (C=O) groups is 1. The molecule has 1 heterocycles. The van der Waals surface area contributed by atoms with Gasteiger partial charge in [0.05, 0.1) is 4.90 Å². The maximum atomic E-state index is 12.6. The van der Waals surface area contributed by atoms with Crippen LogP contribution in [0.1, 0.15) is 30.4 Å². The van der Waals surface area contributed by atoms with Crippen LogP contribution in [0, 0.1) is 6.92 Å². The SMILES string of the molecule is Cc1cccc(S(=O)(=O)NCCC(=O)N2CCCC2Cc2ccccc2)c1. The van der Waals surface area contributed by atoms with Crippen LogP contribution in [0.15, 0.2) is 59.5 Å². The highest BCUT2D eigenvalue weighted by atomic mass is 32.2. The molecule has 1 saturated heterocycles. The van der Waals surface area contributed by atoms with E-state index in [-0.39, 0.29) is 29.8 Å². The Labute approximate surface area is 161 Å². The first-order valence-corrected chi connectivity index (χ1v) is 10.8. The summed E-state index contributed by atoms with van der Waals surface area (Å²) in [7, 11) is -3.58. The molecule has 2 aromatic rings. The van der Waals surface area contributed by atoms with Gasteiger partial charge in [-0.25, -0.2) is 13.1 Å². The molecule has 1 aliphatic heterocycles. The maximum Gasteiger partial charge on any atom is 0.240 e. The molecule has 0 bridgehead atoms. The van der Waals surface area contributed by atoms with Crippen LogP contribution in [-0.4, -0.2) is 38.4 Å². The predicted octanol–water partition coefficient (Wildman–Crippen LogP) is 2.90. The van der Waals surface area contributed by atoms with Gasteiger partial charge < -0.3 is 4.90 Å². The number of rotatable bonds is 7. The van der Waals surface area contributed by atoms with E-state index in [2.05, 4.69) is 16.9 Å². The molecule has 0 radical (unpaired) electrons. The number of hydrogen-bond donors (Lipinski definition) is 1. The Balaban J connectivity index is 1.54. The Bertz CT molecular complexity index is 881. The van der Waals surface area contributed by atoms with Gasteiger partial charge in [-0.3, -0.25) is 4.79 Å². The molecule has 1 fully saturated rings. The summed E-state index contributed by atoms with van der Waals surface area (Å²) in [6.45, 7) is 2.72. The van der Waals surface area contributed by atoms with Gasteiger partial charge >= 0.3 is 0 Å². The summed E-state index contributed by atoms with van der Waals surface area (Å²) in [6, 6.07) is 17.1. The summed E-state index contributed by atoms with van der Waals surface area (Å²) in [6.07, 6.45) is 3.02. The van der Waals surface area contributed by atoms with Crippen LogP contribution in [0.2, 0.25) is 0 Å². The van der Waals surface area contributed by atoms with Crippen LogP contribution >= 0.6 is 0 Å². The zero-order valence-electron chi connectivity index (χ0n) is 15.6. The number of nitrogens with zero attached hydrogens (tertiary/aromatic N) is 1. The lowest BCUT2D eigenvalue weighted by Crippen LogP contribution is -2.38. The Morgan fingerprint density at radius 2 is 1.93 bits per heavy atom. The molecule has 1 amide bonds. The number of carbonyl (C=O) groups excluding carboxylic acids is 1. The Morgan fingerprint density at radius 3 is 2.67 bits per heavy atom. The quantitative estimate of drug-likeness (QED) is 0.796. The van der Waals surface area contributed by atoms with Crippen molar-refractivity contribution >= 4 is 15.9 Å². The Hall–Kier alpha value is -2.18. The molecule has 1 atom stereocenters. The average Bonchev–Trinajstić information content (AvgIpc) is 3.10. The normalized spacial score (nSPS) is 17.2. The molecule has 0 spiro atoms. The first kappa shape index (κ1) is 19.6. The van der Waals surface area contributed by atoms with Crippen molar-refractivity contribution in [3.63, 3.8) is 0 Å². The number of aryl methyl sites for hydroxylation is 1. The summed E-state index contributed by atoms with van der Waals surface area (Å²) in [5.74, 6) is 0.0142. The highest BCUT2D eigenvalue weighted by molar-refractivity contribution is 7.89. The molecule has 0 aromatic heterocycles. The van der Waals surface area contributed by atoms with E-state index in [0.29, 0.717) is 0 Å². The van der Waals surface area contributed by atoms with Crippen LogP contribution in [0.25, 0.3) is 0 Å². The van der Waals surface area contributed by atoms with E-state index in [4.69, 9.17) is 0 Å². The molecule has 5 nitrogen and oxygen atoms in total. The van der Waals surface area contributed by atoms with Gasteiger partial charge in [0.1, 0.15) is 0 Å². The number of nitrogens with one attached hydrogen (secondary N) is 1. The third-order valence-electron chi connectivity index (χ3n) is 4.94. The van der Waals surface area contributed by atoms with Crippen molar-refractivity contribution in [1.82, 2.24) is 9.62 Å². The third kappa shape index (κ3) is 5.17. The first-order valence-electron chi connectivity index (χ1n) is 9.35. The molecule has 1 N–H and O–H groups in total. The van der Waals surface area contributed by atoms with Gasteiger partial charge in [0.2, 0.25) is 15.9 Å². The van der Waals surface area contributed by atoms with Crippen molar-refractivity contribution in [2.45, 2.75) is 43.5 Å². The molecule has 1 unspecified atom stereocenters. The molecular formula is C21H26N2O3S. The van der Waals surface area contributed by atoms with E-state index in [1.165, 1.54) is 5.56 Å². The molecule has 0 aliphatic carbocycles. The highest BCUT2D eigenvalue weighted by Gasteiger charge is 2.28. The van der Waals surface area contributed by atoms with Crippen LogP contribution in [0.4, 0.5) is 0 Å². The Kier molecular flexibility index (Phi) is 6.29. The molecule has 3 rings (SSSR count). The number of amides is 1. The zero-order chi connectivity index (χ0) is 19.3. The summed E-state index contributed by atoms with van der Waals surface area (Å²) in [4.78, 5) is 14.8. The van der Waals surface area contributed by atoms with Crippen molar-refractivity contribution in [2.75, 3.05) is 13.1 Å². The zero-order valence-corrected chi connectivity index (χ0v) is 16.4. The Morgan fingerprint density at radius 1 is 1.15 bits per heavy atom. The number of sulfonamides is 1. The summed E-state index contributed by atoms with van der Waals surface area (Å²) in [5.41, 5.74) is 2.11. The van der Waals surface area contributed by atoms with E-state index < -0.39 is 10.0 Å². The molecule has 1 aliphatic rings. The number of benzene rings is 2. The van der Waals surface area contributed by atoms with Gasteiger partial charge in [0.25, 0.3) is 0 Å². The minimum Gasteiger partial charge on any atom is -0.339 e. The predicted molar refractivity (Wildman–Crippen MR) is 106 cm³/mol. The van der Waals surface area contributed by atoms with Crippen molar-refractivity contribution < 1.29 is 13.2 Å². The number of hydrogen-bond acceptors (Lipinski definition) is 3. The second-order valence-corrected chi connectivity index (χ2v) is 8.80. The minimum absolute atomic E-state index is 0.0142. The van der Waals surface area contributed by atoms with E-state index in [1.54, 1.807) is 18.2 Å². The molecule has 144 valence electrons. The van der Waals surface area contributed by atoms with Gasteiger partial charge in [-0.15, -0.1) is 0 Å². The van der Waals surface area contributed by atoms with E-state index >= 15 is 0 Å². The van der Waals surface area contributed by atoms with Gasteiger partial charge in [-0.1, -0.05) is 42.5 Å². The van der Waals surface area contributed by atoms with Gasteiger partial charge in [-0.05, 0) is 49.4 Å². The fourth-order valence-electron chi connectivity index (χ4n) is 3.56. The fraction of sp³-hybridized carbons (Fsp3) is 0.381. The van der Waals surface area contributed by atoms with Gasteiger partial charge in [0.15, 0.2) is 0 Å². The molecule has 0 saturated carbocycles. The van der Waals surface area contributed by atoms with Crippen LogP contribution < -0.4 is 4.72 Å². The lowest BCUT2D eigenvalue weighted by atomic mass is 10.0. The molecule has 6 heteroatoms. The van der Waals surface area contributed by atoms with Crippen LogP contribution in [0.5, 0.6) is 0 Å². The smallest absolute Gasteiger partial charge is 0.240 e. The van der Waals surface area contributed by atoms with E-state index in [1.807, 2.05) is 36.1 Å².